The lowest BCUT2D eigenvalue weighted by molar-refractivity contribution is -0.139. The van der Waals surface area contributed by atoms with E-state index in [1.54, 1.807) is 4.90 Å². The van der Waals surface area contributed by atoms with Crippen LogP contribution in [0.25, 0.3) is 0 Å². The molecule has 18 heavy (non-hydrogen) atoms. The van der Waals surface area contributed by atoms with Crippen molar-refractivity contribution in [2.45, 2.75) is 18.9 Å². The van der Waals surface area contributed by atoms with E-state index < -0.39 is 12.0 Å². The number of hydrogen-bond acceptors (Lipinski definition) is 4. The Morgan fingerprint density at radius 2 is 2.00 bits per heavy atom. The second kappa shape index (κ2) is 7.17. The minimum atomic E-state index is -1.12. The maximum Gasteiger partial charge on any atom is 0.326 e. The third kappa shape index (κ3) is 4.50. The summed E-state index contributed by atoms with van der Waals surface area (Å²) in [5.74, 6) is -1.12. The van der Waals surface area contributed by atoms with Crippen molar-refractivity contribution >= 4 is 12.0 Å². The SMILES string of the molecule is CN1CCCN(C(=O)N[C@H](CCO)C(=O)O)CC1. The fraction of sp³-hybridized carbons (Fsp3) is 0.818. The number of carboxylic acid groups (broad SMARTS) is 1. The smallest absolute Gasteiger partial charge is 0.326 e. The van der Waals surface area contributed by atoms with Gasteiger partial charge in [-0.3, -0.25) is 0 Å². The van der Waals surface area contributed by atoms with E-state index in [0.717, 1.165) is 19.5 Å². The first-order valence-electron chi connectivity index (χ1n) is 6.12. The molecule has 0 aliphatic carbocycles. The summed E-state index contributed by atoms with van der Waals surface area (Å²) in [6.45, 7) is 2.67. The standard InChI is InChI=1S/C11H21N3O4/c1-13-4-2-5-14(7-6-13)11(18)12-9(3-8-15)10(16)17/h9,15H,2-8H2,1H3,(H,12,18)(H,16,17)/t9-/m1/s1. The molecule has 3 N–H and O–H groups in total. The van der Waals surface area contributed by atoms with Gasteiger partial charge in [-0.05, 0) is 20.0 Å². The topological polar surface area (TPSA) is 93.1 Å². The molecule has 0 aromatic rings. The van der Waals surface area contributed by atoms with Crippen molar-refractivity contribution in [3.8, 4) is 0 Å². The lowest BCUT2D eigenvalue weighted by Crippen LogP contribution is -2.49. The van der Waals surface area contributed by atoms with E-state index in [0.29, 0.717) is 13.1 Å². The van der Waals surface area contributed by atoms with Gasteiger partial charge in [-0.2, -0.15) is 0 Å². The van der Waals surface area contributed by atoms with Crippen molar-refractivity contribution in [2.24, 2.45) is 0 Å². The highest BCUT2D eigenvalue weighted by Crippen LogP contribution is 2.02. The fourth-order valence-corrected chi connectivity index (χ4v) is 1.88. The number of nitrogens with zero attached hydrogens (tertiary/aromatic N) is 2. The molecule has 1 atom stereocenters. The van der Waals surface area contributed by atoms with Crippen LogP contribution < -0.4 is 5.32 Å². The van der Waals surface area contributed by atoms with Crippen LogP contribution in [-0.2, 0) is 4.79 Å². The van der Waals surface area contributed by atoms with Crippen molar-refractivity contribution in [3.63, 3.8) is 0 Å². The first-order valence-corrected chi connectivity index (χ1v) is 6.12. The van der Waals surface area contributed by atoms with Gasteiger partial charge in [-0.25, -0.2) is 9.59 Å². The summed E-state index contributed by atoms with van der Waals surface area (Å²) < 4.78 is 0. The molecule has 0 saturated carbocycles. The summed E-state index contributed by atoms with van der Waals surface area (Å²) >= 11 is 0. The third-order valence-electron chi connectivity index (χ3n) is 3.02. The molecule has 1 aliphatic heterocycles. The lowest BCUT2D eigenvalue weighted by atomic mass is 10.2. The minimum absolute atomic E-state index is 0.0226. The number of amides is 2. The molecule has 1 heterocycles. The number of aliphatic carboxylic acids is 1. The van der Waals surface area contributed by atoms with Gasteiger partial charge in [0.2, 0.25) is 0 Å². The third-order valence-corrected chi connectivity index (χ3v) is 3.02. The van der Waals surface area contributed by atoms with Crippen molar-refractivity contribution in [3.05, 3.63) is 0 Å². The van der Waals surface area contributed by atoms with Crippen LogP contribution in [0, 0.1) is 0 Å². The molecule has 2 amide bonds. The normalized spacial score (nSPS) is 19.1. The Labute approximate surface area is 106 Å². The zero-order chi connectivity index (χ0) is 13.5. The molecule has 0 unspecified atom stereocenters. The molecular formula is C11H21N3O4. The average molecular weight is 259 g/mol. The van der Waals surface area contributed by atoms with Crippen LogP contribution >= 0.6 is 0 Å². The molecule has 104 valence electrons. The first-order chi connectivity index (χ1) is 8.54. The molecule has 7 heteroatoms. The van der Waals surface area contributed by atoms with Gasteiger partial charge in [0.25, 0.3) is 0 Å². The number of rotatable bonds is 4. The molecule has 7 nitrogen and oxygen atoms in total. The summed E-state index contributed by atoms with van der Waals surface area (Å²) in [5, 5.41) is 20.1. The maximum absolute atomic E-state index is 11.9. The van der Waals surface area contributed by atoms with Crippen LogP contribution in [0.15, 0.2) is 0 Å². The van der Waals surface area contributed by atoms with Crippen LogP contribution in [0.1, 0.15) is 12.8 Å². The second-order valence-electron chi connectivity index (χ2n) is 4.50. The van der Waals surface area contributed by atoms with Gasteiger partial charge < -0.3 is 25.3 Å². The highest BCUT2D eigenvalue weighted by atomic mass is 16.4. The molecule has 0 spiro atoms. The molecule has 1 rings (SSSR count). The number of urea groups is 1. The summed E-state index contributed by atoms with van der Waals surface area (Å²) in [5.41, 5.74) is 0. The Bertz CT molecular complexity index is 298. The average Bonchev–Trinajstić information content (AvgIpc) is 2.53. The predicted octanol–water partition coefficient (Wildman–Crippen LogP) is -0.831. The van der Waals surface area contributed by atoms with Gasteiger partial charge in [-0.1, -0.05) is 0 Å². The van der Waals surface area contributed by atoms with E-state index in [1.807, 2.05) is 7.05 Å². The Kier molecular flexibility index (Phi) is 5.87. The van der Waals surface area contributed by atoms with Crippen molar-refractivity contribution in [1.29, 1.82) is 0 Å². The largest absolute Gasteiger partial charge is 0.480 e. The molecule has 1 saturated heterocycles. The summed E-state index contributed by atoms with van der Waals surface area (Å²) in [4.78, 5) is 26.5. The van der Waals surface area contributed by atoms with Crippen molar-refractivity contribution < 1.29 is 19.8 Å². The van der Waals surface area contributed by atoms with E-state index >= 15 is 0 Å². The first kappa shape index (κ1) is 14.7. The molecule has 0 bridgehead atoms. The zero-order valence-electron chi connectivity index (χ0n) is 10.6. The Hall–Kier alpha value is -1.34. The summed E-state index contributed by atoms with van der Waals surface area (Å²) in [6.07, 6.45) is 0.899. The van der Waals surface area contributed by atoms with Gasteiger partial charge in [0.05, 0.1) is 0 Å². The molecular weight excluding hydrogens is 238 g/mol. The van der Waals surface area contributed by atoms with Crippen LogP contribution in [-0.4, -0.2) is 77.9 Å². The number of likely N-dealkylation sites (N-methyl/N-ethyl adjacent to an activating group) is 1. The van der Waals surface area contributed by atoms with Crippen molar-refractivity contribution in [2.75, 3.05) is 39.8 Å². The molecule has 0 aromatic carbocycles. The number of carbonyl (C=O) groups is 2. The molecule has 1 fully saturated rings. The maximum atomic E-state index is 11.9. The van der Waals surface area contributed by atoms with Gasteiger partial charge in [0.1, 0.15) is 6.04 Å². The molecule has 0 aromatic heterocycles. The van der Waals surface area contributed by atoms with Crippen LogP contribution in [0.3, 0.4) is 0 Å². The number of carboxylic acids is 1. The van der Waals surface area contributed by atoms with E-state index in [-0.39, 0.29) is 19.1 Å². The van der Waals surface area contributed by atoms with Gasteiger partial charge in [-0.15, -0.1) is 0 Å². The molecule has 0 radical (unpaired) electrons. The monoisotopic (exact) mass is 259 g/mol. The number of carbonyl (C=O) groups excluding carboxylic acids is 1. The minimum Gasteiger partial charge on any atom is -0.480 e. The number of aliphatic hydroxyl groups is 1. The van der Waals surface area contributed by atoms with E-state index in [1.165, 1.54) is 0 Å². The van der Waals surface area contributed by atoms with E-state index in [4.69, 9.17) is 10.2 Å². The Morgan fingerprint density at radius 3 is 2.61 bits per heavy atom. The van der Waals surface area contributed by atoms with Crippen LogP contribution in [0.5, 0.6) is 0 Å². The van der Waals surface area contributed by atoms with Crippen molar-refractivity contribution in [1.82, 2.24) is 15.1 Å². The summed E-state index contributed by atoms with van der Waals surface area (Å²) in [6, 6.07) is -1.39. The lowest BCUT2D eigenvalue weighted by Gasteiger charge is -2.23. The van der Waals surface area contributed by atoms with Gasteiger partial charge in [0.15, 0.2) is 0 Å². The number of nitrogens with one attached hydrogen (secondary N) is 1. The van der Waals surface area contributed by atoms with Crippen LogP contribution in [0.4, 0.5) is 4.79 Å². The van der Waals surface area contributed by atoms with Gasteiger partial charge in [0, 0.05) is 32.7 Å². The van der Waals surface area contributed by atoms with Gasteiger partial charge >= 0.3 is 12.0 Å². The Balaban J connectivity index is 2.49. The highest BCUT2D eigenvalue weighted by molar-refractivity contribution is 5.82. The summed E-state index contributed by atoms with van der Waals surface area (Å²) in [7, 11) is 1.99. The number of hydrogen-bond donors (Lipinski definition) is 3. The zero-order valence-corrected chi connectivity index (χ0v) is 10.6. The van der Waals surface area contributed by atoms with E-state index in [9.17, 15) is 9.59 Å². The fourth-order valence-electron chi connectivity index (χ4n) is 1.88. The van der Waals surface area contributed by atoms with Crippen LogP contribution in [0.2, 0.25) is 0 Å². The second-order valence-corrected chi connectivity index (χ2v) is 4.50. The molecule has 1 aliphatic rings. The quantitative estimate of drug-likeness (QED) is 0.612. The highest BCUT2D eigenvalue weighted by Gasteiger charge is 2.23. The predicted molar refractivity (Wildman–Crippen MR) is 65.3 cm³/mol. The number of aliphatic hydroxyl groups excluding tert-OH is 1. The van der Waals surface area contributed by atoms with E-state index in [2.05, 4.69) is 10.2 Å². The Morgan fingerprint density at radius 1 is 1.28 bits per heavy atom.